The topological polar surface area (TPSA) is 70.5 Å². The lowest BCUT2D eigenvalue weighted by Gasteiger charge is -2.12. The molecule has 23 heavy (non-hydrogen) atoms. The summed E-state index contributed by atoms with van der Waals surface area (Å²) in [5, 5.41) is 0. The Morgan fingerprint density at radius 1 is 1.13 bits per heavy atom. The van der Waals surface area contributed by atoms with Crippen molar-refractivity contribution in [2.45, 2.75) is 12.8 Å². The van der Waals surface area contributed by atoms with Crippen LogP contribution in [0.2, 0.25) is 0 Å². The number of aromatic nitrogens is 2. The van der Waals surface area contributed by atoms with Crippen molar-refractivity contribution >= 4 is 11.5 Å². The molecule has 0 radical (unpaired) electrons. The van der Waals surface area contributed by atoms with E-state index in [0.29, 0.717) is 23.9 Å². The van der Waals surface area contributed by atoms with Crippen molar-refractivity contribution in [2.75, 3.05) is 14.2 Å². The van der Waals surface area contributed by atoms with Crippen molar-refractivity contribution in [2.24, 2.45) is 0 Å². The SMILES string of the molecule is C=C(CCC(=O)OC)c1ccccc1Oc1cc(OC)ncn1. The molecule has 6 heteroatoms. The number of carbonyl (C=O) groups excluding carboxylic acids is 1. The third kappa shape index (κ3) is 4.54. The standard InChI is InChI=1S/C17H18N2O4/c1-12(8-9-17(20)22-3)13-6-4-5-7-14(13)23-16-10-15(21-2)18-11-19-16/h4-7,10-11H,1,8-9H2,2-3H3. The van der Waals surface area contributed by atoms with Crippen molar-refractivity contribution in [1.29, 1.82) is 0 Å². The lowest BCUT2D eigenvalue weighted by Crippen LogP contribution is -2.00. The molecule has 0 fully saturated rings. The highest BCUT2D eigenvalue weighted by Crippen LogP contribution is 2.31. The molecule has 0 N–H and O–H groups in total. The van der Waals surface area contributed by atoms with Gasteiger partial charge in [0.05, 0.1) is 20.3 Å². The first-order valence-corrected chi connectivity index (χ1v) is 7.02. The number of ether oxygens (including phenoxy) is 3. The summed E-state index contributed by atoms with van der Waals surface area (Å²) in [4.78, 5) is 19.3. The number of hydrogen-bond donors (Lipinski definition) is 0. The Morgan fingerprint density at radius 2 is 1.87 bits per heavy atom. The van der Waals surface area contributed by atoms with Gasteiger partial charge in [0.15, 0.2) is 0 Å². The van der Waals surface area contributed by atoms with E-state index in [2.05, 4.69) is 21.3 Å². The van der Waals surface area contributed by atoms with Gasteiger partial charge in [0.1, 0.15) is 12.1 Å². The molecule has 6 nitrogen and oxygen atoms in total. The predicted molar refractivity (Wildman–Crippen MR) is 85.4 cm³/mol. The molecule has 1 aromatic heterocycles. The predicted octanol–water partition coefficient (Wildman–Crippen LogP) is 3.24. The summed E-state index contributed by atoms with van der Waals surface area (Å²) >= 11 is 0. The number of para-hydroxylation sites is 1. The first-order chi connectivity index (χ1) is 11.1. The van der Waals surface area contributed by atoms with Crippen LogP contribution in [-0.2, 0) is 9.53 Å². The van der Waals surface area contributed by atoms with Gasteiger partial charge < -0.3 is 14.2 Å². The number of nitrogens with zero attached hydrogens (tertiary/aromatic N) is 2. The van der Waals surface area contributed by atoms with Crippen LogP contribution in [0, 0.1) is 0 Å². The fourth-order valence-electron chi connectivity index (χ4n) is 1.94. The minimum Gasteiger partial charge on any atom is -0.481 e. The average Bonchev–Trinajstić information content (AvgIpc) is 2.60. The van der Waals surface area contributed by atoms with Crippen LogP contribution in [-0.4, -0.2) is 30.2 Å². The number of esters is 1. The number of rotatable bonds is 7. The highest BCUT2D eigenvalue weighted by Gasteiger charge is 2.11. The van der Waals surface area contributed by atoms with E-state index in [-0.39, 0.29) is 12.4 Å². The third-order valence-corrected chi connectivity index (χ3v) is 3.17. The van der Waals surface area contributed by atoms with Gasteiger partial charge in [-0.05, 0) is 18.1 Å². The van der Waals surface area contributed by atoms with E-state index in [0.717, 1.165) is 11.1 Å². The molecule has 0 unspecified atom stereocenters. The second-order valence-corrected chi connectivity index (χ2v) is 4.68. The minimum absolute atomic E-state index is 0.269. The van der Waals surface area contributed by atoms with Gasteiger partial charge in [-0.3, -0.25) is 4.79 Å². The fraction of sp³-hybridized carbons (Fsp3) is 0.235. The highest BCUT2D eigenvalue weighted by molar-refractivity contribution is 5.75. The Labute approximate surface area is 134 Å². The molecule has 1 aromatic carbocycles. The van der Waals surface area contributed by atoms with Gasteiger partial charge in [-0.2, -0.15) is 0 Å². The summed E-state index contributed by atoms with van der Waals surface area (Å²) in [6.07, 6.45) is 2.12. The largest absolute Gasteiger partial charge is 0.481 e. The normalized spacial score (nSPS) is 10.0. The Hall–Kier alpha value is -2.89. The van der Waals surface area contributed by atoms with E-state index in [1.54, 1.807) is 6.07 Å². The third-order valence-electron chi connectivity index (χ3n) is 3.17. The average molecular weight is 314 g/mol. The van der Waals surface area contributed by atoms with Gasteiger partial charge in [-0.1, -0.05) is 24.8 Å². The maximum absolute atomic E-state index is 11.3. The molecule has 1 heterocycles. The molecule has 2 rings (SSSR count). The van der Waals surface area contributed by atoms with Crippen LogP contribution >= 0.6 is 0 Å². The smallest absolute Gasteiger partial charge is 0.305 e. The molecular formula is C17H18N2O4. The van der Waals surface area contributed by atoms with Crippen molar-refractivity contribution in [3.63, 3.8) is 0 Å². The van der Waals surface area contributed by atoms with Crippen LogP contribution in [0.3, 0.4) is 0 Å². The Morgan fingerprint density at radius 3 is 2.61 bits per heavy atom. The zero-order valence-corrected chi connectivity index (χ0v) is 13.1. The van der Waals surface area contributed by atoms with Crippen LogP contribution in [0.25, 0.3) is 5.57 Å². The van der Waals surface area contributed by atoms with E-state index in [1.807, 2.05) is 24.3 Å². The highest BCUT2D eigenvalue weighted by atomic mass is 16.5. The summed E-state index contributed by atoms with van der Waals surface area (Å²) in [7, 11) is 2.89. The molecule has 0 spiro atoms. The van der Waals surface area contributed by atoms with Crippen molar-refractivity contribution in [1.82, 2.24) is 9.97 Å². The minimum atomic E-state index is -0.273. The van der Waals surface area contributed by atoms with E-state index in [4.69, 9.17) is 9.47 Å². The molecule has 0 amide bonds. The maximum Gasteiger partial charge on any atom is 0.305 e. The number of methoxy groups -OCH3 is 2. The summed E-state index contributed by atoms with van der Waals surface area (Å²) in [6.45, 7) is 4.02. The molecule has 0 aliphatic heterocycles. The molecular weight excluding hydrogens is 296 g/mol. The number of carbonyl (C=O) groups is 1. The summed E-state index contributed by atoms with van der Waals surface area (Å²) < 4.78 is 15.5. The van der Waals surface area contributed by atoms with Gasteiger partial charge >= 0.3 is 5.97 Å². The van der Waals surface area contributed by atoms with Crippen molar-refractivity contribution in [3.8, 4) is 17.5 Å². The lowest BCUT2D eigenvalue weighted by atomic mass is 10.0. The van der Waals surface area contributed by atoms with Crippen molar-refractivity contribution < 1.29 is 19.0 Å². The van der Waals surface area contributed by atoms with Gasteiger partial charge in [0.25, 0.3) is 0 Å². The van der Waals surface area contributed by atoms with E-state index in [9.17, 15) is 4.79 Å². The Kier molecular flexibility index (Phi) is 5.68. The molecule has 0 aliphatic carbocycles. The Bertz CT molecular complexity index is 700. The zero-order valence-electron chi connectivity index (χ0n) is 13.1. The summed E-state index contributed by atoms with van der Waals surface area (Å²) in [6, 6.07) is 9.02. The van der Waals surface area contributed by atoms with E-state index >= 15 is 0 Å². The molecule has 2 aromatic rings. The summed E-state index contributed by atoms with van der Waals surface area (Å²) in [5.41, 5.74) is 1.60. The van der Waals surface area contributed by atoms with Crippen molar-refractivity contribution in [3.05, 3.63) is 48.8 Å². The van der Waals surface area contributed by atoms with Gasteiger partial charge in [-0.15, -0.1) is 0 Å². The first kappa shape index (κ1) is 16.5. The molecule has 120 valence electrons. The van der Waals surface area contributed by atoms with Crippen LogP contribution < -0.4 is 9.47 Å². The van der Waals surface area contributed by atoms with E-state index in [1.165, 1.54) is 20.5 Å². The molecule has 0 atom stereocenters. The number of benzene rings is 1. The summed E-state index contributed by atoms with van der Waals surface area (Å²) in [5.74, 6) is 1.11. The number of hydrogen-bond acceptors (Lipinski definition) is 6. The first-order valence-electron chi connectivity index (χ1n) is 7.02. The fourth-order valence-corrected chi connectivity index (χ4v) is 1.94. The van der Waals surface area contributed by atoms with Crippen LogP contribution in [0.5, 0.6) is 17.5 Å². The monoisotopic (exact) mass is 314 g/mol. The van der Waals surface area contributed by atoms with Crippen LogP contribution in [0.1, 0.15) is 18.4 Å². The maximum atomic E-state index is 11.3. The lowest BCUT2D eigenvalue weighted by molar-refractivity contribution is -0.140. The van der Waals surface area contributed by atoms with Gasteiger partial charge in [-0.25, -0.2) is 9.97 Å². The molecule has 0 saturated carbocycles. The number of allylic oxidation sites excluding steroid dienone is 1. The second kappa shape index (κ2) is 7.93. The molecule has 0 saturated heterocycles. The van der Waals surface area contributed by atoms with E-state index < -0.39 is 0 Å². The zero-order chi connectivity index (χ0) is 16.7. The quantitative estimate of drug-likeness (QED) is 0.731. The second-order valence-electron chi connectivity index (χ2n) is 4.68. The molecule has 0 aliphatic rings. The molecule has 0 bridgehead atoms. The van der Waals surface area contributed by atoms with Gasteiger partial charge in [0, 0.05) is 12.0 Å². The van der Waals surface area contributed by atoms with Crippen LogP contribution in [0.15, 0.2) is 43.2 Å². The Balaban J connectivity index is 2.16. The van der Waals surface area contributed by atoms with Crippen LogP contribution in [0.4, 0.5) is 0 Å². The van der Waals surface area contributed by atoms with Gasteiger partial charge in [0.2, 0.25) is 11.8 Å².